The molecule has 5 atom stereocenters. The van der Waals surface area contributed by atoms with Crippen molar-refractivity contribution in [2.24, 2.45) is 35.5 Å². The van der Waals surface area contributed by atoms with Crippen molar-refractivity contribution in [3.8, 4) is 0 Å². The summed E-state index contributed by atoms with van der Waals surface area (Å²) in [6.07, 6.45) is 39.8. The zero-order valence-electron chi connectivity index (χ0n) is 37.9. The maximum Gasteiger partial charge on any atom is 0.323 e. The Kier molecular flexibility index (Phi) is 16.8. The van der Waals surface area contributed by atoms with Crippen LogP contribution in [0.1, 0.15) is 186 Å². The molecule has 0 bridgehead atoms. The maximum atomic E-state index is 14.0. The number of unbranched alkanes of at least 4 members (excludes halogenated alkanes) is 7. The van der Waals surface area contributed by atoms with Crippen LogP contribution >= 0.6 is 35.3 Å². The quantitative estimate of drug-likeness (QED) is 0.0843. The second-order valence-corrected chi connectivity index (χ2v) is 23.3. The van der Waals surface area contributed by atoms with Crippen LogP contribution in [0, 0.1) is 35.5 Å². The van der Waals surface area contributed by atoms with E-state index in [1.165, 1.54) is 137 Å². The highest BCUT2D eigenvalue weighted by Gasteiger charge is 2.54. The van der Waals surface area contributed by atoms with Crippen molar-refractivity contribution in [1.82, 2.24) is 14.4 Å². The summed E-state index contributed by atoms with van der Waals surface area (Å²) < 4.78 is 2.75. The predicted molar refractivity (Wildman–Crippen MR) is 259 cm³/mol. The molecule has 2 aliphatic heterocycles. The number of amides is 1. The van der Waals surface area contributed by atoms with Crippen LogP contribution in [0.5, 0.6) is 0 Å². The van der Waals surface area contributed by atoms with Crippen LogP contribution in [-0.2, 0) is 20.9 Å². The molecule has 1 amide bonds. The lowest BCUT2D eigenvalue weighted by atomic mass is 9.71. The predicted octanol–water partition coefficient (Wildman–Crippen LogP) is 10.3. The monoisotopic (exact) mass is 921 g/mol. The summed E-state index contributed by atoms with van der Waals surface area (Å²) in [5.41, 5.74) is 1.59. The number of rotatable bonds is 18. The van der Waals surface area contributed by atoms with Gasteiger partial charge in [0.25, 0.3) is 11.5 Å². The first kappa shape index (κ1) is 47.2. The molecule has 348 valence electrons. The summed E-state index contributed by atoms with van der Waals surface area (Å²) in [5.74, 6) is 2.06. The molecule has 3 heterocycles. The van der Waals surface area contributed by atoms with Gasteiger partial charge in [-0.3, -0.25) is 33.5 Å². The SMILES string of the molecule is O=C(O)CCCCCCCCCCN1C(=O)/C(=c2\s/c(=C/C3CCC4C(C3)C3CCCC3N4C3CCC(C=C(C4CCCCC4)C4CCCCC4)CC3)c(=O)n2CC(=O)O)SC1=S. The van der Waals surface area contributed by atoms with Gasteiger partial charge >= 0.3 is 11.9 Å². The maximum absolute atomic E-state index is 14.0. The van der Waals surface area contributed by atoms with E-state index in [2.05, 4.69) is 17.1 Å². The summed E-state index contributed by atoms with van der Waals surface area (Å²) in [6, 6.07) is 2.03. The van der Waals surface area contributed by atoms with Gasteiger partial charge in [-0.25, -0.2) is 0 Å². The Balaban J connectivity index is 0.906. The van der Waals surface area contributed by atoms with Crippen LogP contribution in [0.3, 0.4) is 0 Å². The minimum Gasteiger partial charge on any atom is -0.481 e. The van der Waals surface area contributed by atoms with Crippen LogP contribution in [0.4, 0.5) is 0 Å². The number of thioether (sulfide) groups is 1. The van der Waals surface area contributed by atoms with Gasteiger partial charge in [-0.05, 0) is 132 Å². The lowest BCUT2D eigenvalue weighted by Gasteiger charge is -2.43. The van der Waals surface area contributed by atoms with Crippen molar-refractivity contribution in [3.63, 3.8) is 0 Å². The Morgan fingerprint density at radius 1 is 0.667 bits per heavy atom. The molecule has 2 saturated heterocycles. The van der Waals surface area contributed by atoms with Gasteiger partial charge in [0.05, 0.1) is 4.53 Å². The van der Waals surface area contributed by atoms with E-state index < -0.39 is 18.5 Å². The van der Waals surface area contributed by atoms with Gasteiger partial charge in [-0.1, -0.05) is 125 Å². The van der Waals surface area contributed by atoms with Crippen LogP contribution in [-0.4, -0.2) is 71.4 Å². The van der Waals surface area contributed by atoms with E-state index in [9.17, 15) is 24.3 Å². The van der Waals surface area contributed by atoms with Gasteiger partial charge in [0.2, 0.25) is 0 Å². The molecular formula is C51H75N3O6S3. The van der Waals surface area contributed by atoms with E-state index in [1.807, 2.05) is 5.57 Å². The second-order valence-electron chi connectivity index (χ2n) is 20.7. The third-order valence-electron chi connectivity index (χ3n) is 16.6. The number of fused-ring (bicyclic) bond motifs is 3. The first-order valence-corrected chi connectivity index (χ1v) is 27.6. The van der Waals surface area contributed by atoms with Crippen molar-refractivity contribution in [2.45, 2.75) is 211 Å². The Labute approximate surface area is 389 Å². The topological polar surface area (TPSA) is 120 Å². The van der Waals surface area contributed by atoms with Crippen LogP contribution < -0.4 is 14.8 Å². The number of aliphatic carboxylic acids is 2. The molecule has 5 saturated carbocycles. The van der Waals surface area contributed by atoms with Gasteiger partial charge in [0.1, 0.15) is 20.4 Å². The van der Waals surface area contributed by atoms with Crippen LogP contribution in [0.2, 0.25) is 0 Å². The van der Waals surface area contributed by atoms with Crippen molar-refractivity contribution in [3.05, 3.63) is 31.2 Å². The number of likely N-dealkylation sites (tertiary alicyclic amines) is 1. The highest BCUT2D eigenvalue weighted by atomic mass is 32.2. The molecule has 7 aliphatic rings. The molecule has 0 spiro atoms. The highest BCUT2D eigenvalue weighted by Crippen LogP contribution is 2.54. The van der Waals surface area contributed by atoms with Crippen molar-refractivity contribution >= 4 is 68.5 Å². The number of nitrogens with zero attached hydrogens (tertiary/aromatic N) is 3. The molecule has 9 nitrogen and oxygen atoms in total. The number of hydrogen-bond donors (Lipinski definition) is 2. The number of thiazole rings is 1. The van der Waals surface area contributed by atoms with Crippen LogP contribution in [0.25, 0.3) is 11.0 Å². The standard InChI is InChI=1S/C51H75N3O6S3/c55-45(56)22-13-5-3-1-2-4-6-14-29-52-49(60)47(63-51(52)61)50-53(33-46(57)58)48(59)44(62-50)32-35-25-28-43-41(31-35)39-20-15-21-42(39)54(43)38-26-23-34(24-27-38)30-40(36-16-9-7-10-17-36)37-18-11-8-12-19-37/h30,32,34-39,41-43H,1-29,31,33H2,(H,55,56)(H,57,58)/b44-32+,50-47+. The average Bonchev–Trinajstić information content (AvgIpc) is 4.03. The van der Waals surface area contributed by atoms with Gasteiger partial charge in [-0.2, -0.15) is 0 Å². The fourth-order valence-electron chi connectivity index (χ4n) is 13.7. The summed E-state index contributed by atoms with van der Waals surface area (Å²) in [7, 11) is 0. The number of allylic oxidation sites excluding steroid dienone is 2. The number of carboxylic acid groups (broad SMARTS) is 2. The fourth-order valence-corrected chi connectivity index (χ4v) is 16.3. The van der Waals surface area contributed by atoms with Crippen molar-refractivity contribution in [1.29, 1.82) is 0 Å². The highest BCUT2D eigenvalue weighted by molar-refractivity contribution is 8.30. The normalized spacial score (nSPS) is 30.8. The smallest absolute Gasteiger partial charge is 0.323 e. The molecule has 5 unspecified atom stereocenters. The van der Waals surface area contributed by atoms with Crippen molar-refractivity contribution in [2.75, 3.05) is 6.54 Å². The molecular weight excluding hydrogens is 847 g/mol. The lowest BCUT2D eigenvalue weighted by molar-refractivity contribution is -0.138. The number of thiocarbonyl (C=S) groups is 1. The number of hydrogen-bond acceptors (Lipinski definition) is 8. The average molecular weight is 922 g/mol. The van der Waals surface area contributed by atoms with E-state index >= 15 is 0 Å². The van der Waals surface area contributed by atoms with E-state index in [4.69, 9.17) is 17.3 Å². The van der Waals surface area contributed by atoms with Crippen molar-refractivity contribution < 1.29 is 24.6 Å². The fraction of sp³-hybridized carbons (Fsp3) is 0.784. The Morgan fingerprint density at radius 3 is 1.94 bits per heavy atom. The third kappa shape index (κ3) is 11.5. The van der Waals surface area contributed by atoms with Gasteiger partial charge in [0, 0.05) is 31.1 Å². The first-order chi connectivity index (χ1) is 30.7. The van der Waals surface area contributed by atoms with E-state index in [0.717, 1.165) is 94.3 Å². The lowest BCUT2D eigenvalue weighted by Crippen LogP contribution is -2.47. The molecule has 1 aromatic rings. The number of carbonyl (C=O) groups is 3. The molecule has 1 aromatic heterocycles. The first-order valence-electron chi connectivity index (χ1n) is 25.6. The molecule has 0 radical (unpaired) electrons. The summed E-state index contributed by atoms with van der Waals surface area (Å²) in [6.45, 7) is 0.0257. The van der Waals surface area contributed by atoms with Gasteiger partial charge in [0.15, 0.2) is 0 Å². The Morgan fingerprint density at radius 2 is 1.29 bits per heavy atom. The number of aromatic nitrogens is 1. The van der Waals surface area contributed by atoms with E-state index in [1.54, 1.807) is 4.90 Å². The second kappa shape index (κ2) is 22.5. The molecule has 12 heteroatoms. The van der Waals surface area contributed by atoms with Crippen LogP contribution in [0.15, 0.2) is 16.4 Å². The zero-order chi connectivity index (χ0) is 43.9. The Bertz CT molecular complexity index is 1970. The van der Waals surface area contributed by atoms with E-state index in [0.29, 0.717) is 49.0 Å². The largest absolute Gasteiger partial charge is 0.481 e. The van der Waals surface area contributed by atoms with Gasteiger partial charge < -0.3 is 10.2 Å². The number of carbonyl (C=O) groups excluding carboxylic acids is 1. The number of carboxylic acids is 2. The summed E-state index contributed by atoms with van der Waals surface area (Å²) in [4.78, 5) is 55.7. The molecule has 0 aromatic carbocycles. The zero-order valence-corrected chi connectivity index (χ0v) is 40.3. The minimum absolute atomic E-state index is 0.229. The molecule has 2 N–H and O–H groups in total. The van der Waals surface area contributed by atoms with Gasteiger partial charge in [-0.15, -0.1) is 11.3 Å². The summed E-state index contributed by atoms with van der Waals surface area (Å²) in [5, 5.41) is 18.7. The Hall–Kier alpha value is -2.28. The molecule has 63 heavy (non-hydrogen) atoms. The molecule has 7 fully saturated rings. The molecule has 8 rings (SSSR count). The molecule has 5 aliphatic carbocycles. The minimum atomic E-state index is -1.10. The third-order valence-corrected chi connectivity index (χ3v) is 19.4. The summed E-state index contributed by atoms with van der Waals surface area (Å²) >= 11 is 8.15. The van der Waals surface area contributed by atoms with E-state index in [-0.39, 0.29) is 23.8 Å².